The van der Waals surface area contributed by atoms with Crippen LogP contribution < -0.4 is 11.1 Å². The number of hydrogen-bond acceptors (Lipinski definition) is 5. The molecular formula is C17H23N5O3. The largest absolute Gasteiger partial charge is 0.378 e. The van der Waals surface area contributed by atoms with E-state index < -0.39 is 5.91 Å². The Morgan fingerprint density at radius 3 is 2.72 bits per heavy atom. The molecule has 3 N–H and O–H groups in total. The van der Waals surface area contributed by atoms with Crippen molar-refractivity contribution in [2.75, 3.05) is 7.11 Å². The van der Waals surface area contributed by atoms with Crippen molar-refractivity contribution >= 4 is 17.5 Å². The van der Waals surface area contributed by atoms with Crippen molar-refractivity contribution in [1.29, 1.82) is 0 Å². The fourth-order valence-corrected chi connectivity index (χ4v) is 3.32. The third kappa shape index (κ3) is 3.48. The maximum atomic E-state index is 12.7. The molecule has 0 spiro atoms. The first-order valence-corrected chi connectivity index (χ1v) is 8.47. The van der Waals surface area contributed by atoms with Crippen molar-refractivity contribution < 1.29 is 14.3 Å². The molecule has 25 heavy (non-hydrogen) atoms. The summed E-state index contributed by atoms with van der Waals surface area (Å²) >= 11 is 0. The highest BCUT2D eigenvalue weighted by atomic mass is 16.5. The van der Waals surface area contributed by atoms with Gasteiger partial charge in [-0.2, -0.15) is 5.10 Å². The normalized spacial score (nSPS) is 20.6. The van der Waals surface area contributed by atoms with E-state index in [0.29, 0.717) is 17.3 Å². The number of ether oxygens (including phenoxy) is 1. The lowest BCUT2D eigenvalue weighted by Crippen LogP contribution is -2.38. The van der Waals surface area contributed by atoms with Crippen molar-refractivity contribution in [2.24, 2.45) is 11.7 Å². The van der Waals surface area contributed by atoms with Gasteiger partial charge in [-0.25, -0.2) is 9.50 Å². The molecular weight excluding hydrogens is 322 g/mol. The van der Waals surface area contributed by atoms with Gasteiger partial charge in [-0.15, -0.1) is 0 Å². The maximum absolute atomic E-state index is 12.7. The van der Waals surface area contributed by atoms with E-state index in [1.54, 1.807) is 6.07 Å². The van der Waals surface area contributed by atoms with E-state index in [-0.39, 0.29) is 29.8 Å². The van der Waals surface area contributed by atoms with E-state index in [2.05, 4.69) is 22.3 Å². The minimum Gasteiger partial charge on any atom is -0.378 e. The summed E-state index contributed by atoms with van der Waals surface area (Å²) < 4.78 is 6.44. The Bertz CT molecular complexity index is 793. The van der Waals surface area contributed by atoms with Gasteiger partial charge in [0.05, 0.1) is 6.61 Å². The van der Waals surface area contributed by atoms with Gasteiger partial charge in [0, 0.05) is 19.3 Å². The molecule has 0 bridgehead atoms. The van der Waals surface area contributed by atoms with Crippen molar-refractivity contribution in [3.05, 3.63) is 29.2 Å². The van der Waals surface area contributed by atoms with Crippen molar-refractivity contribution in [1.82, 2.24) is 19.9 Å². The number of carbonyl (C=O) groups is 2. The molecule has 0 unspecified atom stereocenters. The van der Waals surface area contributed by atoms with Gasteiger partial charge >= 0.3 is 0 Å². The van der Waals surface area contributed by atoms with Crippen LogP contribution in [-0.4, -0.2) is 39.6 Å². The fraction of sp³-hybridized carbons (Fsp3) is 0.529. The van der Waals surface area contributed by atoms with Crippen LogP contribution in [0, 0.1) is 5.92 Å². The number of hydrogen-bond donors (Lipinski definition) is 2. The zero-order chi connectivity index (χ0) is 18.0. The highest BCUT2D eigenvalue weighted by Crippen LogP contribution is 2.24. The Kier molecular flexibility index (Phi) is 4.98. The molecule has 2 heterocycles. The molecule has 2 amide bonds. The molecule has 0 aromatic carbocycles. The highest BCUT2D eigenvalue weighted by Gasteiger charge is 2.24. The predicted molar refractivity (Wildman–Crippen MR) is 91.1 cm³/mol. The van der Waals surface area contributed by atoms with Gasteiger partial charge in [-0.05, 0) is 37.7 Å². The van der Waals surface area contributed by atoms with Gasteiger partial charge in [0.25, 0.3) is 11.8 Å². The number of rotatable bonds is 5. The van der Waals surface area contributed by atoms with Crippen LogP contribution in [0.3, 0.4) is 0 Å². The summed E-state index contributed by atoms with van der Waals surface area (Å²) in [5.74, 6) is -0.163. The highest BCUT2D eigenvalue weighted by molar-refractivity contribution is 6.01. The first-order chi connectivity index (χ1) is 12.0. The van der Waals surface area contributed by atoms with E-state index in [0.717, 1.165) is 25.7 Å². The molecule has 1 fully saturated rings. The molecule has 0 atom stereocenters. The lowest BCUT2D eigenvalue weighted by Gasteiger charge is -2.26. The van der Waals surface area contributed by atoms with Gasteiger partial charge in [-0.1, -0.05) is 6.92 Å². The average molecular weight is 345 g/mol. The number of nitrogens with two attached hydrogens (primary N) is 1. The second-order valence-electron chi connectivity index (χ2n) is 6.61. The van der Waals surface area contributed by atoms with Crippen LogP contribution in [0.5, 0.6) is 0 Å². The van der Waals surface area contributed by atoms with Gasteiger partial charge in [0.15, 0.2) is 5.65 Å². The first kappa shape index (κ1) is 17.3. The zero-order valence-electron chi connectivity index (χ0n) is 14.5. The minimum absolute atomic E-state index is 0.114. The molecule has 0 saturated heterocycles. The number of nitrogens with zero attached hydrogens (tertiary/aromatic N) is 3. The third-order valence-electron chi connectivity index (χ3n) is 4.70. The Balaban J connectivity index is 1.92. The minimum atomic E-state index is -0.645. The number of aromatic nitrogens is 3. The standard InChI is InChI=1S/C17H23N5O3/c1-10-3-5-11(6-4-10)20-17(24)13-7-8-19-16-14(15(18)23)12(9-25-2)21-22(13)16/h7-8,10-11H,3-6,9H2,1-2H3,(H2,18,23)(H,20,24)/t10-,11+. The molecule has 0 aliphatic heterocycles. The third-order valence-corrected chi connectivity index (χ3v) is 4.70. The van der Waals surface area contributed by atoms with Crippen molar-refractivity contribution in [2.45, 2.75) is 45.3 Å². The summed E-state index contributed by atoms with van der Waals surface area (Å²) in [6, 6.07) is 1.75. The van der Waals surface area contributed by atoms with Crippen molar-refractivity contribution in [3.8, 4) is 0 Å². The summed E-state index contributed by atoms with van der Waals surface area (Å²) in [4.78, 5) is 28.7. The number of fused-ring (bicyclic) bond motifs is 1. The van der Waals surface area contributed by atoms with Crippen molar-refractivity contribution in [3.63, 3.8) is 0 Å². The van der Waals surface area contributed by atoms with Gasteiger partial charge in [0.1, 0.15) is 17.0 Å². The van der Waals surface area contributed by atoms with Crippen LogP contribution in [0.2, 0.25) is 0 Å². The summed E-state index contributed by atoms with van der Waals surface area (Å²) in [7, 11) is 1.50. The number of primary amides is 1. The molecule has 1 aliphatic carbocycles. The molecule has 3 rings (SSSR count). The summed E-state index contributed by atoms with van der Waals surface area (Å²) in [5, 5.41) is 7.38. The van der Waals surface area contributed by atoms with Crippen LogP contribution >= 0.6 is 0 Å². The molecule has 1 saturated carbocycles. The Hall–Kier alpha value is -2.48. The van der Waals surface area contributed by atoms with Crippen LogP contribution in [-0.2, 0) is 11.3 Å². The molecule has 0 radical (unpaired) electrons. The first-order valence-electron chi connectivity index (χ1n) is 8.47. The quantitative estimate of drug-likeness (QED) is 0.848. The van der Waals surface area contributed by atoms with Crippen LogP contribution in [0.15, 0.2) is 12.3 Å². The van der Waals surface area contributed by atoms with Gasteiger partial charge in [-0.3, -0.25) is 9.59 Å². The second kappa shape index (κ2) is 7.18. The summed E-state index contributed by atoms with van der Waals surface area (Å²) in [5.41, 5.74) is 6.60. The zero-order valence-corrected chi connectivity index (χ0v) is 14.5. The molecule has 134 valence electrons. The maximum Gasteiger partial charge on any atom is 0.270 e. The Labute approximate surface area is 145 Å². The van der Waals surface area contributed by atoms with Gasteiger partial charge in [0.2, 0.25) is 0 Å². The molecule has 8 heteroatoms. The van der Waals surface area contributed by atoms with E-state index >= 15 is 0 Å². The molecule has 1 aliphatic rings. The lowest BCUT2D eigenvalue weighted by molar-refractivity contribution is 0.0914. The smallest absolute Gasteiger partial charge is 0.270 e. The van der Waals surface area contributed by atoms with E-state index in [1.807, 2.05) is 0 Å². The second-order valence-corrected chi connectivity index (χ2v) is 6.61. The average Bonchev–Trinajstić information content (AvgIpc) is 2.95. The predicted octanol–water partition coefficient (Wildman–Crippen LogP) is 1.28. The van der Waals surface area contributed by atoms with Crippen LogP contribution in [0.1, 0.15) is 59.1 Å². The SMILES string of the molecule is COCc1nn2c(C(=O)N[C@H]3CC[C@@H](C)CC3)ccnc2c1C(N)=O. The number of methoxy groups -OCH3 is 1. The number of nitrogens with one attached hydrogen (secondary N) is 1. The van der Waals surface area contributed by atoms with Crippen LogP contribution in [0.25, 0.3) is 5.65 Å². The molecule has 2 aromatic heterocycles. The Morgan fingerprint density at radius 2 is 2.08 bits per heavy atom. The monoisotopic (exact) mass is 345 g/mol. The van der Waals surface area contributed by atoms with E-state index in [1.165, 1.54) is 17.8 Å². The van der Waals surface area contributed by atoms with Gasteiger partial charge < -0.3 is 15.8 Å². The summed E-state index contributed by atoms with van der Waals surface area (Å²) in [6.07, 6.45) is 5.66. The summed E-state index contributed by atoms with van der Waals surface area (Å²) in [6.45, 7) is 2.35. The Morgan fingerprint density at radius 1 is 1.36 bits per heavy atom. The topological polar surface area (TPSA) is 112 Å². The van der Waals surface area contributed by atoms with E-state index in [9.17, 15) is 9.59 Å². The lowest BCUT2D eigenvalue weighted by atomic mass is 9.87. The van der Waals surface area contributed by atoms with Crippen LogP contribution in [0.4, 0.5) is 0 Å². The number of amides is 2. The fourth-order valence-electron chi connectivity index (χ4n) is 3.32. The molecule has 8 nitrogen and oxygen atoms in total. The number of carbonyl (C=O) groups excluding carboxylic acids is 2. The molecule has 2 aromatic rings. The van der Waals surface area contributed by atoms with E-state index in [4.69, 9.17) is 10.5 Å².